The number of hydrogen-bond acceptors (Lipinski definition) is 4. The van der Waals surface area contributed by atoms with Crippen molar-refractivity contribution in [1.82, 2.24) is 5.32 Å². The van der Waals surface area contributed by atoms with E-state index in [1.165, 1.54) is 24.3 Å². The number of rotatable bonds is 8. The van der Waals surface area contributed by atoms with Crippen LogP contribution in [0.3, 0.4) is 0 Å². The molecule has 3 atom stereocenters. The molecule has 1 amide bonds. The van der Waals surface area contributed by atoms with Gasteiger partial charge in [-0.1, -0.05) is 12.1 Å². The molecule has 7 heteroatoms. The minimum absolute atomic E-state index is 0.00924. The van der Waals surface area contributed by atoms with Crippen molar-refractivity contribution in [1.29, 1.82) is 0 Å². The molecule has 0 bridgehead atoms. The Bertz CT molecular complexity index is 571. The second-order valence-corrected chi connectivity index (χ2v) is 6.15. The van der Waals surface area contributed by atoms with Gasteiger partial charge in [0.05, 0.1) is 18.6 Å². The smallest absolute Gasteiger partial charge is 0.312 e. The summed E-state index contributed by atoms with van der Waals surface area (Å²) >= 11 is 0. The Balaban J connectivity index is 1.81. The zero-order valence-electron chi connectivity index (χ0n) is 14.2. The Morgan fingerprint density at radius 3 is 2.68 bits per heavy atom. The SMILES string of the molecule is CC(OCC1CCCCO1)C(=O)NCC(C(=O)O)c1ccc(F)cc1. The number of halogens is 1. The molecule has 0 spiro atoms. The van der Waals surface area contributed by atoms with E-state index in [9.17, 15) is 19.1 Å². The Hall–Kier alpha value is -1.99. The van der Waals surface area contributed by atoms with Gasteiger partial charge in [0.1, 0.15) is 11.9 Å². The van der Waals surface area contributed by atoms with Crippen LogP contribution in [-0.4, -0.2) is 48.9 Å². The molecule has 0 aliphatic carbocycles. The van der Waals surface area contributed by atoms with E-state index in [2.05, 4.69) is 5.32 Å². The first-order valence-electron chi connectivity index (χ1n) is 8.46. The molecule has 3 unspecified atom stereocenters. The summed E-state index contributed by atoms with van der Waals surface area (Å²) in [6, 6.07) is 5.20. The molecule has 0 radical (unpaired) electrons. The Kier molecular flexibility index (Phi) is 7.33. The fourth-order valence-corrected chi connectivity index (χ4v) is 2.66. The molecular weight excluding hydrogens is 329 g/mol. The van der Waals surface area contributed by atoms with Crippen molar-refractivity contribution >= 4 is 11.9 Å². The average molecular weight is 353 g/mol. The Labute approximate surface area is 146 Å². The number of carboxylic acid groups (broad SMARTS) is 1. The molecule has 0 saturated carbocycles. The molecular formula is C18H24FNO5. The summed E-state index contributed by atoms with van der Waals surface area (Å²) in [6.07, 6.45) is 2.36. The van der Waals surface area contributed by atoms with Crippen LogP contribution in [0.1, 0.15) is 37.7 Å². The van der Waals surface area contributed by atoms with E-state index in [1.54, 1.807) is 6.92 Å². The second-order valence-electron chi connectivity index (χ2n) is 6.15. The monoisotopic (exact) mass is 353 g/mol. The number of amides is 1. The number of carbonyl (C=O) groups is 2. The van der Waals surface area contributed by atoms with Crippen molar-refractivity contribution in [3.05, 3.63) is 35.6 Å². The predicted molar refractivity (Wildman–Crippen MR) is 88.8 cm³/mol. The van der Waals surface area contributed by atoms with Crippen molar-refractivity contribution in [3.63, 3.8) is 0 Å². The molecule has 0 aromatic heterocycles. The molecule has 1 aliphatic heterocycles. The highest BCUT2D eigenvalue weighted by molar-refractivity contribution is 5.82. The van der Waals surface area contributed by atoms with E-state index >= 15 is 0 Å². The quantitative estimate of drug-likeness (QED) is 0.747. The van der Waals surface area contributed by atoms with Crippen molar-refractivity contribution in [2.45, 2.75) is 44.3 Å². The van der Waals surface area contributed by atoms with Crippen LogP contribution in [0.2, 0.25) is 0 Å². The summed E-state index contributed by atoms with van der Waals surface area (Å²) in [5.41, 5.74) is 0.429. The van der Waals surface area contributed by atoms with Crippen molar-refractivity contribution in [2.24, 2.45) is 0 Å². The first-order valence-corrected chi connectivity index (χ1v) is 8.46. The molecule has 138 valence electrons. The average Bonchev–Trinajstić information content (AvgIpc) is 2.61. The van der Waals surface area contributed by atoms with E-state index in [-0.39, 0.29) is 18.6 Å². The van der Waals surface area contributed by atoms with Crippen LogP contribution < -0.4 is 5.32 Å². The maximum absolute atomic E-state index is 13.0. The first-order chi connectivity index (χ1) is 12.0. The predicted octanol–water partition coefficient (Wildman–Crippen LogP) is 2.08. The number of nitrogens with one attached hydrogen (secondary N) is 1. The summed E-state index contributed by atoms with van der Waals surface area (Å²) < 4.78 is 24.0. The van der Waals surface area contributed by atoms with Gasteiger partial charge in [0, 0.05) is 13.2 Å². The highest BCUT2D eigenvalue weighted by atomic mass is 19.1. The van der Waals surface area contributed by atoms with Gasteiger partial charge in [-0.05, 0) is 43.9 Å². The summed E-state index contributed by atoms with van der Waals surface area (Å²) in [6.45, 7) is 2.58. The van der Waals surface area contributed by atoms with Crippen LogP contribution in [0.15, 0.2) is 24.3 Å². The zero-order chi connectivity index (χ0) is 18.2. The molecule has 1 aliphatic rings. The number of ether oxygens (including phenoxy) is 2. The zero-order valence-corrected chi connectivity index (χ0v) is 14.2. The molecule has 2 N–H and O–H groups in total. The van der Waals surface area contributed by atoms with Crippen molar-refractivity contribution < 1.29 is 28.6 Å². The van der Waals surface area contributed by atoms with E-state index in [1.807, 2.05) is 0 Å². The summed E-state index contributed by atoms with van der Waals surface area (Å²) in [5.74, 6) is -2.86. The lowest BCUT2D eigenvalue weighted by Crippen LogP contribution is -2.39. The molecule has 1 aromatic carbocycles. The minimum atomic E-state index is -1.09. The van der Waals surface area contributed by atoms with Gasteiger partial charge in [-0.2, -0.15) is 0 Å². The molecule has 1 aromatic rings. The summed E-state index contributed by atoms with van der Waals surface area (Å²) in [4.78, 5) is 23.5. The number of hydrogen-bond donors (Lipinski definition) is 2. The highest BCUT2D eigenvalue weighted by Crippen LogP contribution is 2.16. The maximum Gasteiger partial charge on any atom is 0.312 e. The van der Waals surface area contributed by atoms with E-state index in [0.29, 0.717) is 18.8 Å². The van der Waals surface area contributed by atoms with Crippen molar-refractivity contribution in [2.75, 3.05) is 19.8 Å². The van der Waals surface area contributed by atoms with Crippen LogP contribution >= 0.6 is 0 Å². The van der Waals surface area contributed by atoms with Crippen LogP contribution in [0.5, 0.6) is 0 Å². The molecule has 2 rings (SSSR count). The number of aliphatic carboxylic acids is 1. The van der Waals surface area contributed by atoms with E-state index in [0.717, 1.165) is 19.3 Å². The number of carboxylic acids is 1. The molecule has 1 heterocycles. The van der Waals surface area contributed by atoms with Gasteiger partial charge in [-0.15, -0.1) is 0 Å². The lowest BCUT2D eigenvalue weighted by Gasteiger charge is -2.24. The third-order valence-corrected chi connectivity index (χ3v) is 4.23. The van der Waals surface area contributed by atoms with Crippen LogP contribution in [0.4, 0.5) is 4.39 Å². The molecule has 6 nitrogen and oxygen atoms in total. The lowest BCUT2D eigenvalue weighted by molar-refractivity contribution is -0.139. The number of carbonyl (C=O) groups excluding carboxylic acids is 1. The normalized spacial score (nSPS) is 19.8. The topological polar surface area (TPSA) is 84.9 Å². The number of benzene rings is 1. The van der Waals surface area contributed by atoms with E-state index < -0.39 is 23.8 Å². The summed E-state index contributed by atoms with van der Waals surface area (Å²) in [5, 5.41) is 11.9. The van der Waals surface area contributed by atoms with Gasteiger partial charge < -0.3 is 19.9 Å². The Morgan fingerprint density at radius 2 is 2.08 bits per heavy atom. The standard InChI is InChI=1S/C18H24FNO5/c1-12(25-11-15-4-2-3-9-24-15)17(21)20-10-16(18(22)23)13-5-7-14(19)8-6-13/h5-8,12,15-16H,2-4,9-11H2,1H3,(H,20,21)(H,22,23). The molecule has 25 heavy (non-hydrogen) atoms. The van der Waals surface area contributed by atoms with Gasteiger partial charge in [-0.3, -0.25) is 9.59 Å². The van der Waals surface area contributed by atoms with Gasteiger partial charge >= 0.3 is 5.97 Å². The van der Waals surface area contributed by atoms with Crippen LogP contribution in [0.25, 0.3) is 0 Å². The van der Waals surface area contributed by atoms with Gasteiger partial charge in [-0.25, -0.2) is 4.39 Å². The van der Waals surface area contributed by atoms with Gasteiger partial charge in [0.2, 0.25) is 5.91 Å². The van der Waals surface area contributed by atoms with Crippen molar-refractivity contribution in [3.8, 4) is 0 Å². The largest absolute Gasteiger partial charge is 0.481 e. The second kappa shape index (κ2) is 9.48. The summed E-state index contributed by atoms with van der Waals surface area (Å²) in [7, 11) is 0. The molecule has 1 saturated heterocycles. The fraction of sp³-hybridized carbons (Fsp3) is 0.556. The highest BCUT2D eigenvalue weighted by Gasteiger charge is 2.23. The Morgan fingerprint density at radius 1 is 1.36 bits per heavy atom. The minimum Gasteiger partial charge on any atom is -0.481 e. The molecule has 1 fully saturated rings. The van der Waals surface area contributed by atoms with E-state index in [4.69, 9.17) is 9.47 Å². The van der Waals surface area contributed by atoms with Crippen LogP contribution in [0, 0.1) is 5.82 Å². The first kappa shape index (κ1) is 19.3. The fourth-order valence-electron chi connectivity index (χ4n) is 2.66. The third-order valence-electron chi connectivity index (χ3n) is 4.23. The third kappa shape index (κ3) is 6.10. The van der Waals surface area contributed by atoms with Gasteiger partial charge in [0.25, 0.3) is 0 Å². The van der Waals surface area contributed by atoms with Gasteiger partial charge in [0.15, 0.2) is 0 Å². The van der Waals surface area contributed by atoms with Crippen LogP contribution in [-0.2, 0) is 19.1 Å². The maximum atomic E-state index is 13.0. The lowest BCUT2D eigenvalue weighted by atomic mass is 9.99.